The molecule has 1 aromatic heterocycles. The molecular weight excluding hydrogens is 202 g/mol. The Balaban J connectivity index is 2.54. The van der Waals surface area contributed by atoms with Crippen molar-refractivity contribution in [2.75, 3.05) is 6.54 Å². The second kappa shape index (κ2) is 4.37. The van der Waals surface area contributed by atoms with Crippen molar-refractivity contribution in [2.24, 2.45) is 11.5 Å². The first-order valence-corrected chi connectivity index (χ1v) is 5.29. The minimum atomic E-state index is -0.317. The van der Waals surface area contributed by atoms with Crippen LogP contribution in [0.1, 0.15) is 11.3 Å². The number of H-pyrrole nitrogens is 1. The third-order valence-corrected chi connectivity index (χ3v) is 2.65. The topological polar surface area (TPSA) is 84.9 Å². The summed E-state index contributed by atoms with van der Waals surface area (Å²) in [7, 11) is 0. The van der Waals surface area contributed by atoms with Crippen molar-refractivity contribution in [3.8, 4) is 0 Å². The minimum absolute atomic E-state index is 0.263. The summed E-state index contributed by atoms with van der Waals surface area (Å²) in [5.41, 5.74) is 13.8. The van der Waals surface area contributed by atoms with Crippen molar-refractivity contribution < 1.29 is 4.79 Å². The van der Waals surface area contributed by atoms with Crippen LogP contribution in [0.15, 0.2) is 24.3 Å². The summed E-state index contributed by atoms with van der Waals surface area (Å²) in [4.78, 5) is 14.3. The molecule has 1 heterocycles. The number of nitrogens with two attached hydrogens (primary N) is 2. The molecule has 0 aliphatic heterocycles. The zero-order valence-corrected chi connectivity index (χ0v) is 8.99. The molecule has 4 nitrogen and oxygen atoms in total. The number of aromatic nitrogens is 1. The first kappa shape index (κ1) is 10.7. The van der Waals surface area contributed by atoms with Crippen LogP contribution in [0.25, 0.3) is 10.9 Å². The van der Waals surface area contributed by atoms with Crippen LogP contribution < -0.4 is 11.5 Å². The van der Waals surface area contributed by atoms with Gasteiger partial charge in [0.1, 0.15) is 0 Å². The molecule has 0 spiro atoms. The minimum Gasteiger partial charge on any atom is -0.369 e. The molecule has 0 aliphatic carbocycles. The molecule has 2 rings (SSSR count). The third kappa shape index (κ3) is 1.92. The quantitative estimate of drug-likeness (QED) is 0.704. The van der Waals surface area contributed by atoms with Crippen LogP contribution in [-0.4, -0.2) is 17.4 Å². The fraction of sp³-hybridized carbons (Fsp3) is 0.250. The van der Waals surface area contributed by atoms with Crippen LogP contribution in [0.4, 0.5) is 0 Å². The zero-order chi connectivity index (χ0) is 11.5. The van der Waals surface area contributed by atoms with Crippen molar-refractivity contribution in [3.05, 3.63) is 35.5 Å². The lowest BCUT2D eigenvalue weighted by atomic mass is 10.1. The second-order valence-corrected chi connectivity index (χ2v) is 3.81. The number of hydrogen-bond acceptors (Lipinski definition) is 2. The number of aromatic amines is 1. The van der Waals surface area contributed by atoms with Gasteiger partial charge < -0.3 is 16.5 Å². The second-order valence-electron chi connectivity index (χ2n) is 3.81. The van der Waals surface area contributed by atoms with Gasteiger partial charge in [-0.25, -0.2) is 0 Å². The fourth-order valence-corrected chi connectivity index (χ4v) is 1.99. The fourth-order valence-electron chi connectivity index (χ4n) is 1.99. The largest absolute Gasteiger partial charge is 0.369 e. The van der Waals surface area contributed by atoms with Gasteiger partial charge in [0.25, 0.3) is 0 Å². The molecule has 0 unspecified atom stereocenters. The highest BCUT2D eigenvalue weighted by Gasteiger charge is 2.12. The summed E-state index contributed by atoms with van der Waals surface area (Å²) in [6, 6.07) is 7.88. The Bertz CT molecular complexity index is 516. The van der Waals surface area contributed by atoms with E-state index in [1.807, 2.05) is 24.3 Å². The number of hydrogen-bond donors (Lipinski definition) is 3. The third-order valence-electron chi connectivity index (χ3n) is 2.65. The van der Waals surface area contributed by atoms with Crippen LogP contribution in [0.2, 0.25) is 0 Å². The molecule has 2 aromatic rings. The number of amides is 1. The lowest BCUT2D eigenvalue weighted by Crippen LogP contribution is -2.15. The Morgan fingerprint density at radius 1 is 1.31 bits per heavy atom. The first-order valence-electron chi connectivity index (χ1n) is 5.29. The molecule has 1 amide bonds. The SMILES string of the molecule is NCCc1[nH]c2ccccc2c1CC(N)=O. The van der Waals surface area contributed by atoms with Crippen LogP contribution in [0.3, 0.4) is 0 Å². The van der Waals surface area contributed by atoms with Crippen molar-refractivity contribution in [1.29, 1.82) is 0 Å². The smallest absolute Gasteiger partial charge is 0.221 e. The van der Waals surface area contributed by atoms with E-state index in [1.54, 1.807) is 0 Å². The Morgan fingerprint density at radius 2 is 2.06 bits per heavy atom. The summed E-state index contributed by atoms with van der Waals surface area (Å²) in [6.45, 7) is 0.554. The summed E-state index contributed by atoms with van der Waals surface area (Å²) in [6.07, 6.45) is 0.997. The highest BCUT2D eigenvalue weighted by atomic mass is 16.1. The van der Waals surface area contributed by atoms with Gasteiger partial charge in [-0.1, -0.05) is 18.2 Å². The number of nitrogens with one attached hydrogen (secondary N) is 1. The predicted octanol–water partition coefficient (Wildman–Crippen LogP) is 0.697. The van der Waals surface area contributed by atoms with Gasteiger partial charge in [-0.15, -0.1) is 0 Å². The van der Waals surface area contributed by atoms with Crippen molar-refractivity contribution in [1.82, 2.24) is 4.98 Å². The number of primary amides is 1. The molecule has 4 heteroatoms. The molecule has 1 aromatic carbocycles. The van der Waals surface area contributed by atoms with E-state index in [4.69, 9.17) is 11.5 Å². The maximum absolute atomic E-state index is 11.0. The van der Waals surface area contributed by atoms with Gasteiger partial charge >= 0.3 is 0 Å². The molecule has 0 bridgehead atoms. The molecule has 16 heavy (non-hydrogen) atoms. The molecule has 0 saturated heterocycles. The van der Waals surface area contributed by atoms with Crippen LogP contribution in [0.5, 0.6) is 0 Å². The molecule has 0 fully saturated rings. The normalized spacial score (nSPS) is 10.8. The highest BCUT2D eigenvalue weighted by molar-refractivity contribution is 5.89. The van der Waals surface area contributed by atoms with Gasteiger partial charge in [0.15, 0.2) is 0 Å². The number of carbonyl (C=O) groups is 1. The average Bonchev–Trinajstić information content (AvgIpc) is 2.57. The predicted molar refractivity (Wildman–Crippen MR) is 64.0 cm³/mol. The Labute approximate surface area is 93.6 Å². The molecule has 0 saturated carbocycles. The molecule has 84 valence electrons. The van der Waals surface area contributed by atoms with Crippen molar-refractivity contribution in [3.63, 3.8) is 0 Å². The first-order chi connectivity index (χ1) is 7.72. The molecule has 0 aliphatic rings. The number of carbonyl (C=O) groups excluding carboxylic acids is 1. The summed E-state index contributed by atoms with van der Waals surface area (Å²) in [5.74, 6) is -0.317. The van der Waals surface area contributed by atoms with E-state index in [2.05, 4.69) is 4.98 Å². The number of fused-ring (bicyclic) bond motifs is 1. The van der Waals surface area contributed by atoms with E-state index in [9.17, 15) is 4.79 Å². The van der Waals surface area contributed by atoms with Gasteiger partial charge in [0, 0.05) is 23.0 Å². The monoisotopic (exact) mass is 217 g/mol. The van der Waals surface area contributed by atoms with Crippen molar-refractivity contribution in [2.45, 2.75) is 12.8 Å². The van der Waals surface area contributed by atoms with Gasteiger partial charge in [-0.3, -0.25) is 4.79 Å². The van der Waals surface area contributed by atoms with Gasteiger partial charge in [-0.05, 0) is 18.2 Å². The number of para-hydroxylation sites is 1. The molecule has 0 radical (unpaired) electrons. The molecule has 0 atom stereocenters. The van der Waals surface area contributed by atoms with E-state index in [0.29, 0.717) is 6.54 Å². The lowest BCUT2D eigenvalue weighted by molar-refractivity contribution is -0.117. The van der Waals surface area contributed by atoms with E-state index >= 15 is 0 Å². The Morgan fingerprint density at radius 3 is 2.75 bits per heavy atom. The van der Waals surface area contributed by atoms with Gasteiger partial charge in [-0.2, -0.15) is 0 Å². The van der Waals surface area contributed by atoms with Crippen molar-refractivity contribution >= 4 is 16.8 Å². The molecular formula is C12H15N3O. The summed E-state index contributed by atoms with van der Waals surface area (Å²) >= 11 is 0. The summed E-state index contributed by atoms with van der Waals surface area (Å²) in [5, 5.41) is 1.06. The highest BCUT2D eigenvalue weighted by Crippen LogP contribution is 2.22. The Kier molecular flexibility index (Phi) is 2.92. The van der Waals surface area contributed by atoms with Gasteiger partial charge in [0.05, 0.1) is 6.42 Å². The Hall–Kier alpha value is -1.81. The van der Waals surface area contributed by atoms with Gasteiger partial charge in [0.2, 0.25) is 5.91 Å². The van der Waals surface area contributed by atoms with E-state index in [0.717, 1.165) is 28.6 Å². The standard InChI is InChI=1S/C12H15N3O/c13-6-5-11-9(7-12(14)16)8-3-1-2-4-10(8)15-11/h1-4,15H,5-7,13H2,(H2,14,16). The number of benzene rings is 1. The van der Waals surface area contributed by atoms with Crippen LogP contribution >= 0.6 is 0 Å². The van der Waals surface area contributed by atoms with Crippen LogP contribution in [0, 0.1) is 0 Å². The number of rotatable bonds is 4. The van der Waals surface area contributed by atoms with E-state index < -0.39 is 0 Å². The summed E-state index contributed by atoms with van der Waals surface area (Å²) < 4.78 is 0. The van der Waals surface area contributed by atoms with E-state index in [-0.39, 0.29) is 12.3 Å². The maximum Gasteiger partial charge on any atom is 0.221 e. The zero-order valence-electron chi connectivity index (χ0n) is 8.99. The lowest BCUT2D eigenvalue weighted by Gasteiger charge is -2.00. The maximum atomic E-state index is 11.0. The van der Waals surface area contributed by atoms with Crippen LogP contribution in [-0.2, 0) is 17.6 Å². The average molecular weight is 217 g/mol. The molecule has 5 N–H and O–H groups in total. The van der Waals surface area contributed by atoms with E-state index in [1.165, 1.54) is 0 Å².